The van der Waals surface area contributed by atoms with Crippen molar-refractivity contribution in [2.45, 2.75) is 5.51 Å². The van der Waals surface area contributed by atoms with Crippen molar-refractivity contribution >= 4 is 21.9 Å². The largest absolute Gasteiger partial charge is 0.516 e. The lowest BCUT2D eigenvalue weighted by Gasteiger charge is -2.11. The van der Waals surface area contributed by atoms with Crippen LogP contribution in [0.3, 0.4) is 0 Å². The number of carbonyl (C=O) groups excluding carboxylic acids is 2. The lowest BCUT2D eigenvalue weighted by atomic mass is 10.2. The predicted molar refractivity (Wildman–Crippen MR) is 72.2 cm³/mol. The average Bonchev–Trinajstić information content (AvgIpc) is 2.47. The Balaban J connectivity index is 2.81. The van der Waals surface area contributed by atoms with Gasteiger partial charge in [-0.05, 0) is 24.3 Å². The molecule has 0 atom stereocenters. The van der Waals surface area contributed by atoms with E-state index in [1.54, 1.807) is 0 Å². The van der Waals surface area contributed by atoms with Crippen LogP contribution in [0.2, 0.25) is 0 Å². The Bertz CT molecular complexity index is 696. The zero-order valence-electron chi connectivity index (χ0n) is 11.8. The number of hydrogen-bond donors (Lipinski definition) is 3. The standard InChI is InChI=1S/C12H12F3NO7S/c13-12(14,15)24(21,22)16-10(19)7-1-3-9(4-2-7)23-11(20)8(5-17)6-18/h1-4,8,17-18H,5-6H2,(H,16,19). The van der Waals surface area contributed by atoms with Gasteiger partial charge in [0.1, 0.15) is 11.7 Å². The minimum atomic E-state index is -5.83. The Morgan fingerprint density at radius 3 is 2.04 bits per heavy atom. The van der Waals surface area contributed by atoms with Gasteiger partial charge in [0, 0.05) is 5.56 Å². The second-order valence-corrected chi connectivity index (χ2v) is 6.06. The first kappa shape index (κ1) is 19.9. The summed E-state index contributed by atoms with van der Waals surface area (Å²) in [5.41, 5.74) is -6.06. The SMILES string of the molecule is O=C(NS(=O)(=O)C(F)(F)F)c1ccc(OC(=O)C(CO)CO)cc1. The fourth-order valence-electron chi connectivity index (χ4n) is 1.32. The second-order valence-electron chi connectivity index (χ2n) is 4.39. The zero-order valence-corrected chi connectivity index (χ0v) is 12.6. The molecule has 8 nitrogen and oxygen atoms in total. The molecule has 0 unspecified atom stereocenters. The fraction of sp³-hybridized carbons (Fsp3) is 0.333. The van der Waals surface area contributed by atoms with Gasteiger partial charge < -0.3 is 14.9 Å². The first-order valence-electron chi connectivity index (χ1n) is 6.18. The number of aliphatic hydroxyl groups is 2. The summed E-state index contributed by atoms with van der Waals surface area (Å²) in [5.74, 6) is -3.78. The molecule has 0 aliphatic heterocycles. The molecule has 0 heterocycles. The summed E-state index contributed by atoms with van der Waals surface area (Å²) in [6.45, 7) is -1.32. The first-order valence-corrected chi connectivity index (χ1v) is 7.67. The zero-order chi connectivity index (χ0) is 18.5. The summed E-state index contributed by atoms with van der Waals surface area (Å²) in [6, 6.07) is 3.91. The Hall–Kier alpha value is -2.18. The van der Waals surface area contributed by atoms with E-state index in [0.717, 1.165) is 29.0 Å². The molecule has 1 amide bonds. The van der Waals surface area contributed by atoms with Crippen LogP contribution in [-0.2, 0) is 14.8 Å². The third-order valence-electron chi connectivity index (χ3n) is 2.64. The summed E-state index contributed by atoms with van der Waals surface area (Å²) in [4.78, 5) is 22.9. The van der Waals surface area contributed by atoms with Crippen LogP contribution < -0.4 is 9.46 Å². The van der Waals surface area contributed by atoms with E-state index in [9.17, 15) is 31.2 Å². The number of benzene rings is 1. The monoisotopic (exact) mass is 371 g/mol. The summed E-state index contributed by atoms with van der Waals surface area (Å²) in [7, 11) is -5.83. The Morgan fingerprint density at radius 2 is 1.62 bits per heavy atom. The van der Waals surface area contributed by atoms with Crippen molar-refractivity contribution in [2.75, 3.05) is 13.2 Å². The van der Waals surface area contributed by atoms with E-state index in [4.69, 9.17) is 14.9 Å². The summed E-state index contributed by atoms with van der Waals surface area (Å²) >= 11 is 0. The van der Waals surface area contributed by atoms with Gasteiger partial charge in [0.05, 0.1) is 13.2 Å². The molecule has 0 spiro atoms. The predicted octanol–water partition coefficient (Wildman–Crippen LogP) is -0.228. The number of halogens is 3. The number of sulfonamides is 1. The number of esters is 1. The van der Waals surface area contributed by atoms with E-state index >= 15 is 0 Å². The Kier molecular flexibility index (Phi) is 6.29. The molecule has 0 fully saturated rings. The van der Waals surface area contributed by atoms with Crippen molar-refractivity contribution in [1.82, 2.24) is 4.72 Å². The molecule has 0 bridgehead atoms. The van der Waals surface area contributed by atoms with Crippen LogP contribution in [0.1, 0.15) is 10.4 Å². The van der Waals surface area contributed by atoms with Gasteiger partial charge in [0.25, 0.3) is 5.91 Å². The van der Waals surface area contributed by atoms with Gasteiger partial charge in [-0.25, -0.2) is 4.72 Å². The third-order valence-corrected chi connectivity index (χ3v) is 3.70. The average molecular weight is 371 g/mol. The number of nitrogens with one attached hydrogen (secondary N) is 1. The number of hydrogen-bond acceptors (Lipinski definition) is 7. The highest BCUT2D eigenvalue weighted by Gasteiger charge is 2.47. The number of alkyl halides is 3. The van der Waals surface area contributed by atoms with Crippen LogP contribution in [-0.4, -0.2) is 49.2 Å². The van der Waals surface area contributed by atoms with Crippen LogP contribution in [0.4, 0.5) is 13.2 Å². The highest BCUT2D eigenvalue weighted by molar-refractivity contribution is 7.90. The van der Waals surface area contributed by atoms with Gasteiger partial charge >= 0.3 is 21.5 Å². The Morgan fingerprint density at radius 1 is 1.12 bits per heavy atom. The quantitative estimate of drug-likeness (QED) is 0.465. The van der Waals surface area contributed by atoms with Crippen LogP contribution in [0.5, 0.6) is 5.75 Å². The highest BCUT2D eigenvalue weighted by atomic mass is 32.2. The minimum Gasteiger partial charge on any atom is -0.426 e. The molecule has 1 aromatic rings. The minimum absolute atomic E-state index is 0.123. The fourth-order valence-corrected chi connectivity index (χ4v) is 1.80. The number of ether oxygens (including phenoxy) is 1. The van der Waals surface area contributed by atoms with Crippen LogP contribution in [0.15, 0.2) is 24.3 Å². The summed E-state index contributed by atoms with van der Waals surface area (Å²) < 4.78 is 63.7. The number of amides is 1. The van der Waals surface area contributed by atoms with Crippen molar-refractivity contribution in [3.63, 3.8) is 0 Å². The lowest BCUT2D eigenvalue weighted by molar-refractivity contribution is -0.141. The summed E-state index contributed by atoms with van der Waals surface area (Å²) in [5, 5.41) is 17.6. The Labute approximate surface area is 133 Å². The van der Waals surface area contributed by atoms with Crippen molar-refractivity contribution in [2.24, 2.45) is 5.92 Å². The number of aliphatic hydroxyl groups excluding tert-OH is 2. The number of rotatable bonds is 6. The molecular formula is C12H12F3NO7S. The normalized spacial score (nSPS) is 12.1. The van der Waals surface area contributed by atoms with Crippen molar-refractivity contribution in [1.29, 1.82) is 0 Å². The molecule has 0 radical (unpaired) electrons. The maximum Gasteiger partial charge on any atom is 0.516 e. The molecule has 24 heavy (non-hydrogen) atoms. The van der Waals surface area contributed by atoms with E-state index < -0.39 is 52.1 Å². The number of carbonyl (C=O) groups is 2. The van der Waals surface area contributed by atoms with Gasteiger partial charge in [-0.1, -0.05) is 0 Å². The van der Waals surface area contributed by atoms with Crippen LogP contribution in [0, 0.1) is 5.92 Å². The van der Waals surface area contributed by atoms with Gasteiger partial charge in [0.2, 0.25) is 0 Å². The maximum absolute atomic E-state index is 12.2. The molecular weight excluding hydrogens is 359 g/mol. The summed E-state index contributed by atoms with van der Waals surface area (Å²) in [6.07, 6.45) is 0. The molecule has 1 aromatic carbocycles. The van der Waals surface area contributed by atoms with Crippen molar-refractivity contribution < 1.29 is 46.1 Å². The van der Waals surface area contributed by atoms with E-state index in [-0.39, 0.29) is 5.75 Å². The van der Waals surface area contributed by atoms with Crippen molar-refractivity contribution in [3.8, 4) is 5.75 Å². The maximum atomic E-state index is 12.2. The molecule has 0 saturated heterocycles. The first-order chi connectivity index (χ1) is 11.0. The molecule has 0 aromatic heterocycles. The smallest absolute Gasteiger partial charge is 0.426 e. The van der Waals surface area contributed by atoms with Gasteiger partial charge in [-0.15, -0.1) is 0 Å². The second kappa shape index (κ2) is 7.59. The molecule has 134 valence electrons. The van der Waals surface area contributed by atoms with E-state index in [0.29, 0.717) is 0 Å². The molecule has 12 heteroatoms. The molecule has 0 aliphatic rings. The molecule has 0 aliphatic carbocycles. The lowest BCUT2D eigenvalue weighted by Crippen LogP contribution is -2.40. The van der Waals surface area contributed by atoms with Gasteiger partial charge in [-0.2, -0.15) is 21.6 Å². The van der Waals surface area contributed by atoms with E-state index in [1.165, 1.54) is 0 Å². The van der Waals surface area contributed by atoms with E-state index in [1.807, 2.05) is 0 Å². The highest BCUT2D eigenvalue weighted by Crippen LogP contribution is 2.22. The van der Waals surface area contributed by atoms with Crippen LogP contribution >= 0.6 is 0 Å². The van der Waals surface area contributed by atoms with Crippen molar-refractivity contribution in [3.05, 3.63) is 29.8 Å². The third kappa shape index (κ3) is 4.91. The topological polar surface area (TPSA) is 130 Å². The molecule has 1 rings (SSSR count). The van der Waals surface area contributed by atoms with E-state index in [2.05, 4.69) is 0 Å². The van der Waals surface area contributed by atoms with Crippen LogP contribution in [0.25, 0.3) is 0 Å². The molecule has 0 saturated carbocycles. The van der Waals surface area contributed by atoms with Gasteiger partial charge in [-0.3, -0.25) is 9.59 Å². The molecule has 3 N–H and O–H groups in total. The van der Waals surface area contributed by atoms with Gasteiger partial charge in [0.15, 0.2) is 0 Å².